The Hall–Kier alpha value is -2.15. The smallest absolute Gasteiger partial charge is 0.252 e. The highest BCUT2D eigenvalue weighted by atomic mass is 16.2. The number of hydrogen-bond donors (Lipinski definition) is 2. The fourth-order valence-corrected chi connectivity index (χ4v) is 3.46. The lowest BCUT2D eigenvalue weighted by Gasteiger charge is -2.36. The minimum atomic E-state index is -0.471. The van der Waals surface area contributed by atoms with Gasteiger partial charge >= 0.3 is 0 Å². The molecule has 0 radical (unpaired) electrons. The second-order valence-electron chi connectivity index (χ2n) is 6.50. The van der Waals surface area contributed by atoms with E-state index in [0.717, 1.165) is 19.5 Å². The summed E-state index contributed by atoms with van der Waals surface area (Å²) in [5.41, 5.74) is 5.86. The molecule has 24 heavy (non-hydrogen) atoms. The first-order chi connectivity index (χ1) is 11.6. The van der Waals surface area contributed by atoms with Gasteiger partial charge in [-0.15, -0.1) is 0 Å². The fourth-order valence-electron chi connectivity index (χ4n) is 3.46. The number of nitrogens with one attached hydrogen (secondary N) is 1. The number of carbonyl (C=O) groups is 2. The summed E-state index contributed by atoms with van der Waals surface area (Å²) in [6.07, 6.45) is 4.44. The Bertz CT molecular complexity index is 592. The number of nitrogens with zero attached hydrogens (tertiary/aromatic N) is 3. The SMILES string of the molecule is NC(=O)c1cccnc1N1CCN(C(=O)CCC2CCNC2)CC1. The molecular formula is C17H25N5O2. The van der Waals surface area contributed by atoms with Crippen LogP contribution in [0.4, 0.5) is 5.82 Å². The van der Waals surface area contributed by atoms with Crippen molar-refractivity contribution in [3.8, 4) is 0 Å². The summed E-state index contributed by atoms with van der Waals surface area (Å²) in [4.78, 5) is 32.2. The Morgan fingerprint density at radius 1 is 1.29 bits per heavy atom. The number of amides is 2. The largest absolute Gasteiger partial charge is 0.365 e. The maximum atomic E-state index is 12.4. The van der Waals surface area contributed by atoms with Crippen LogP contribution < -0.4 is 16.0 Å². The first kappa shape index (κ1) is 16.7. The van der Waals surface area contributed by atoms with Crippen LogP contribution in [0.3, 0.4) is 0 Å². The van der Waals surface area contributed by atoms with Crippen LogP contribution in [-0.4, -0.2) is 61.0 Å². The Kier molecular flexibility index (Phi) is 5.30. The molecule has 0 saturated carbocycles. The zero-order valence-corrected chi connectivity index (χ0v) is 13.9. The zero-order valence-electron chi connectivity index (χ0n) is 13.9. The van der Waals surface area contributed by atoms with E-state index in [2.05, 4.69) is 10.3 Å². The molecule has 0 aromatic carbocycles. The number of piperazine rings is 1. The van der Waals surface area contributed by atoms with Gasteiger partial charge in [-0.05, 0) is 44.0 Å². The molecule has 2 aliphatic heterocycles. The van der Waals surface area contributed by atoms with Gasteiger partial charge in [0.25, 0.3) is 5.91 Å². The van der Waals surface area contributed by atoms with Crippen molar-refractivity contribution < 1.29 is 9.59 Å². The van der Waals surface area contributed by atoms with Crippen molar-refractivity contribution in [2.24, 2.45) is 11.7 Å². The molecule has 7 heteroatoms. The van der Waals surface area contributed by atoms with Crippen LogP contribution in [0, 0.1) is 5.92 Å². The predicted molar refractivity (Wildman–Crippen MR) is 91.8 cm³/mol. The van der Waals surface area contributed by atoms with Gasteiger partial charge in [-0.2, -0.15) is 0 Å². The van der Waals surface area contributed by atoms with Gasteiger partial charge in [0.1, 0.15) is 5.82 Å². The van der Waals surface area contributed by atoms with Gasteiger partial charge in [0, 0.05) is 38.8 Å². The van der Waals surface area contributed by atoms with Crippen molar-refractivity contribution in [2.75, 3.05) is 44.2 Å². The van der Waals surface area contributed by atoms with Gasteiger partial charge in [-0.1, -0.05) is 0 Å². The number of pyridine rings is 1. The second-order valence-corrected chi connectivity index (χ2v) is 6.50. The molecule has 2 aliphatic rings. The summed E-state index contributed by atoms with van der Waals surface area (Å²) in [7, 11) is 0. The maximum absolute atomic E-state index is 12.4. The summed E-state index contributed by atoms with van der Waals surface area (Å²) in [5, 5.41) is 3.34. The molecule has 130 valence electrons. The molecule has 7 nitrogen and oxygen atoms in total. The monoisotopic (exact) mass is 331 g/mol. The minimum Gasteiger partial charge on any atom is -0.365 e. The Balaban J connectivity index is 1.52. The van der Waals surface area contributed by atoms with Crippen molar-refractivity contribution in [3.63, 3.8) is 0 Å². The van der Waals surface area contributed by atoms with Crippen molar-refractivity contribution in [3.05, 3.63) is 23.9 Å². The summed E-state index contributed by atoms with van der Waals surface area (Å²) in [6.45, 7) is 4.79. The van der Waals surface area contributed by atoms with Crippen LogP contribution in [-0.2, 0) is 4.79 Å². The van der Waals surface area contributed by atoms with E-state index in [1.807, 2.05) is 9.80 Å². The lowest BCUT2D eigenvalue weighted by atomic mass is 10.0. The zero-order chi connectivity index (χ0) is 16.9. The van der Waals surface area contributed by atoms with Crippen LogP contribution >= 0.6 is 0 Å². The Labute approximate surface area is 142 Å². The summed E-state index contributed by atoms with van der Waals surface area (Å²) >= 11 is 0. The van der Waals surface area contributed by atoms with E-state index in [1.54, 1.807) is 18.3 Å². The van der Waals surface area contributed by atoms with E-state index in [1.165, 1.54) is 6.42 Å². The van der Waals surface area contributed by atoms with E-state index in [0.29, 0.717) is 49.9 Å². The predicted octanol–water partition coefficient (Wildman–Crippen LogP) is 0.219. The molecule has 1 unspecified atom stereocenters. The highest BCUT2D eigenvalue weighted by Crippen LogP contribution is 2.20. The molecule has 3 heterocycles. The van der Waals surface area contributed by atoms with Gasteiger partial charge in [0.15, 0.2) is 0 Å². The number of rotatable bonds is 5. The average molecular weight is 331 g/mol. The van der Waals surface area contributed by atoms with Gasteiger partial charge in [0.2, 0.25) is 5.91 Å². The number of nitrogens with two attached hydrogens (primary N) is 1. The molecule has 3 rings (SSSR count). The molecular weight excluding hydrogens is 306 g/mol. The van der Waals surface area contributed by atoms with Crippen molar-refractivity contribution >= 4 is 17.6 Å². The molecule has 0 bridgehead atoms. The average Bonchev–Trinajstić information content (AvgIpc) is 3.13. The van der Waals surface area contributed by atoms with Crippen LogP contribution in [0.1, 0.15) is 29.6 Å². The molecule has 1 atom stereocenters. The molecule has 2 saturated heterocycles. The summed E-state index contributed by atoms with van der Waals surface area (Å²) < 4.78 is 0. The number of primary amides is 1. The summed E-state index contributed by atoms with van der Waals surface area (Å²) in [6, 6.07) is 3.40. The van der Waals surface area contributed by atoms with Gasteiger partial charge in [-0.25, -0.2) is 4.98 Å². The van der Waals surface area contributed by atoms with Crippen LogP contribution in [0.25, 0.3) is 0 Å². The highest BCUT2D eigenvalue weighted by molar-refractivity contribution is 5.97. The fraction of sp³-hybridized carbons (Fsp3) is 0.588. The van der Waals surface area contributed by atoms with E-state index in [4.69, 9.17) is 5.73 Å². The second kappa shape index (κ2) is 7.61. The number of aromatic nitrogens is 1. The van der Waals surface area contributed by atoms with E-state index >= 15 is 0 Å². The Morgan fingerprint density at radius 2 is 2.08 bits per heavy atom. The Morgan fingerprint density at radius 3 is 2.75 bits per heavy atom. The van der Waals surface area contributed by atoms with E-state index < -0.39 is 5.91 Å². The molecule has 2 amide bonds. The minimum absolute atomic E-state index is 0.234. The lowest BCUT2D eigenvalue weighted by Crippen LogP contribution is -2.49. The number of hydrogen-bond acceptors (Lipinski definition) is 5. The maximum Gasteiger partial charge on any atom is 0.252 e. The normalized spacial score (nSPS) is 21.1. The molecule has 1 aromatic rings. The summed E-state index contributed by atoms with van der Waals surface area (Å²) in [5.74, 6) is 1.02. The number of carbonyl (C=O) groups excluding carboxylic acids is 2. The van der Waals surface area contributed by atoms with Gasteiger partial charge < -0.3 is 20.9 Å². The standard InChI is InChI=1S/C17H25N5O2/c18-16(24)14-2-1-6-20-17(14)22-10-8-21(9-11-22)15(23)4-3-13-5-7-19-12-13/h1-2,6,13,19H,3-5,7-12H2,(H2,18,24). The van der Waals surface area contributed by atoms with E-state index in [-0.39, 0.29) is 5.91 Å². The third kappa shape index (κ3) is 3.84. The first-order valence-electron chi connectivity index (χ1n) is 8.63. The molecule has 3 N–H and O–H groups in total. The highest BCUT2D eigenvalue weighted by Gasteiger charge is 2.25. The van der Waals surface area contributed by atoms with Crippen LogP contribution in [0.15, 0.2) is 18.3 Å². The van der Waals surface area contributed by atoms with Crippen molar-refractivity contribution in [2.45, 2.75) is 19.3 Å². The molecule has 1 aromatic heterocycles. The van der Waals surface area contributed by atoms with Crippen LogP contribution in [0.2, 0.25) is 0 Å². The third-order valence-corrected chi connectivity index (χ3v) is 4.91. The molecule has 0 aliphatic carbocycles. The van der Waals surface area contributed by atoms with Gasteiger partial charge in [0.05, 0.1) is 5.56 Å². The number of anilines is 1. The first-order valence-corrected chi connectivity index (χ1v) is 8.63. The van der Waals surface area contributed by atoms with Gasteiger partial charge in [-0.3, -0.25) is 9.59 Å². The van der Waals surface area contributed by atoms with Crippen molar-refractivity contribution in [1.29, 1.82) is 0 Å². The van der Waals surface area contributed by atoms with E-state index in [9.17, 15) is 9.59 Å². The van der Waals surface area contributed by atoms with Crippen molar-refractivity contribution in [1.82, 2.24) is 15.2 Å². The molecule has 2 fully saturated rings. The van der Waals surface area contributed by atoms with Crippen LogP contribution in [0.5, 0.6) is 0 Å². The quantitative estimate of drug-likeness (QED) is 0.805. The molecule has 0 spiro atoms. The third-order valence-electron chi connectivity index (χ3n) is 4.91. The topological polar surface area (TPSA) is 91.6 Å². The lowest BCUT2D eigenvalue weighted by molar-refractivity contribution is -0.131.